The van der Waals surface area contributed by atoms with Gasteiger partial charge in [0, 0.05) is 11.6 Å². The number of nitrogens with zero attached hydrogens (tertiary/aromatic N) is 1. The fraction of sp³-hybridized carbons (Fsp3) is 0.286. The number of methoxy groups -OCH3 is 1. The zero-order valence-electron chi connectivity index (χ0n) is 12.3. The Bertz CT molecular complexity index is 870. The van der Waals surface area contributed by atoms with E-state index in [1.54, 1.807) is 0 Å². The number of benzene rings is 1. The molecule has 1 aromatic carbocycles. The molecule has 6 nitrogen and oxygen atoms in total. The van der Waals surface area contributed by atoms with Gasteiger partial charge in [0.1, 0.15) is 5.82 Å². The highest BCUT2D eigenvalue weighted by molar-refractivity contribution is 7.91. The summed E-state index contributed by atoms with van der Waals surface area (Å²) < 4.78 is 72.1. The number of aromatic nitrogens is 1. The van der Waals surface area contributed by atoms with Gasteiger partial charge in [0.25, 0.3) is 0 Å². The first kappa shape index (κ1) is 18.0. The number of sulfone groups is 1. The highest BCUT2D eigenvalue weighted by Gasteiger charge is 2.23. The molecule has 10 heteroatoms. The molecule has 0 aliphatic carbocycles. The molecule has 1 aromatic heterocycles. The number of carbonyl (C=O) groups is 1. The molecule has 0 atom stereocenters. The molecule has 0 aliphatic heterocycles. The van der Waals surface area contributed by atoms with E-state index in [0.717, 1.165) is 25.4 Å². The van der Waals surface area contributed by atoms with E-state index in [-0.39, 0.29) is 10.3 Å². The summed E-state index contributed by atoms with van der Waals surface area (Å²) in [6.45, 7) is -3.25. The molecule has 0 fully saturated rings. The van der Waals surface area contributed by atoms with Crippen LogP contribution in [0.25, 0.3) is 10.8 Å². The predicted molar refractivity (Wildman–Crippen MR) is 77.0 cm³/mol. The summed E-state index contributed by atoms with van der Waals surface area (Å²) in [5.41, 5.74) is 0. The molecule has 0 saturated heterocycles. The van der Waals surface area contributed by atoms with E-state index in [9.17, 15) is 26.4 Å². The standard InChI is InChI=1S/C14H12F3NO5S/c1-22-11(19)5-7-24(20,21)10-3-2-9(15)12-8(10)4-6-18-13(12)23-14(16)17/h2-4,6,14H,5,7H2,1H3. The van der Waals surface area contributed by atoms with E-state index in [1.807, 2.05) is 0 Å². The topological polar surface area (TPSA) is 82.6 Å². The summed E-state index contributed by atoms with van der Waals surface area (Å²) in [5.74, 6) is -2.98. The van der Waals surface area contributed by atoms with Gasteiger partial charge in [0.15, 0.2) is 9.84 Å². The first-order valence-corrected chi connectivity index (χ1v) is 8.23. The second-order valence-electron chi connectivity index (χ2n) is 4.61. The highest BCUT2D eigenvalue weighted by atomic mass is 32.2. The first-order chi connectivity index (χ1) is 11.3. The lowest BCUT2D eigenvalue weighted by Crippen LogP contribution is -2.13. The minimum atomic E-state index is -3.99. The molecule has 1 heterocycles. The molecule has 2 rings (SSSR count). The van der Waals surface area contributed by atoms with E-state index in [1.165, 1.54) is 6.07 Å². The van der Waals surface area contributed by atoms with Crippen LogP contribution in [-0.4, -0.2) is 38.8 Å². The monoisotopic (exact) mass is 363 g/mol. The maximum absolute atomic E-state index is 14.0. The Hall–Kier alpha value is -2.36. The fourth-order valence-corrected chi connectivity index (χ4v) is 3.51. The predicted octanol–water partition coefficient (Wildman–Crippen LogP) is 2.31. The number of fused-ring (bicyclic) bond motifs is 1. The van der Waals surface area contributed by atoms with Gasteiger partial charge in [-0.2, -0.15) is 8.78 Å². The van der Waals surface area contributed by atoms with E-state index < -0.39 is 51.7 Å². The van der Waals surface area contributed by atoms with Gasteiger partial charge < -0.3 is 9.47 Å². The van der Waals surface area contributed by atoms with Gasteiger partial charge in [0.05, 0.1) is 29.6 Å². The average Bonchev–Trinajstić information content (AvgIpc) is 2.52. The smallest absolute Gasteiger partial charge is 0.388 e. The van der Waals surface area contributed by atoms with Crippen molar-refractivity contribution in [2.75, 3.05) is 12.9 Å². The van der Waals surface area contributed by atoms with Crippen molar-refractivity contribution in [3.8, 4) is 5.88 Å². The summed E-state index contributed by atoms with van der Waals surface area (Å²) >= 11 is 0. The number of ether oxygens (including phenoxy) is 2. The van der Waals surface area contributed by atoms with Crippen LogP contribution in [0.5, 0.6) is 5.88 Å². The third-order valence-electron chi connectivity index (χ3n) is 3.14. The fourth-order valence-electron chi connectivity index (χ4n) is 2.08. The molecule has 2 aromatic rings. The summed E-state index contributed by atoms with van der Waals surface area (Å²) in [6.07, 6.45) is 0.627. The molecule has 0 aliphatic rings. The summed E-state index contributed by atoms with van der Waals surface area (Å²) in [5, 5.41) is -0.637. The van der Waals surface area contributed by atoms with Crippen LogP contribution in [-0.2, 0) is 19.4 Å². The quantitative estimate of drug-likeness (QED) is 0.579. The number of rotatable bonds is 6. The number of alkyl halides is 2. The van der Waals surface area contributed by atoms with Crippen LogP contribution in [0.3, 0.4) is 0 Å². The molecular weight excluding hydrogens is 351 g/mol. The second kappa shape index (κ2) is 7.04. The van der Waals surface area contributed by atoms with Crippen LogP contribution < -0.4 is 4.74 Å². The number of carbonyl (C=O) groups excluding carboxylic acids is 1. The molecule has 0 radical (unpaired) electrons. The zero-order valence-corrected chi connectivity index (χ0v) is 13.1. The third-order valence-corrected chi connectivity index (χ3v) is 4.91. The number of hydrogen-bond acceptors (Lipinski definition) is 6. The maximum atomic E-state index is 14.0. The third kappa shape index (κ3) is 3.75. The van der Waals surface area contributed by atoms with Crippen molar-refractivity contribution in [1.29, 1.82) is 0 Å². The zero-order chi connectivity index (χ0) is 17.9. The summed E-state index contributed by atoms with van der Waals surface area (Å²) in [6, 6.07) is 2.98. The number of hydrogen-bond donors (Lipinski definition) is 0. The summed E-state index contributed by atoms with van der Waals surface area (Å²) in [4.78, 5) is 14.3. The van der Waals surface area contributed by atoms with Gasteiger partial charge in [-0.05, 0) is 18.2 Å². The van der Waals surface area contributed by atoms with Crippen molar-refractivity contribution in [2.45, 2.75) is 17.9 Å². The Kier molecular flexibility index (Phi) is 5.27. The van der Waals surface area contributed by atoms with Crippen molar-refractivity contribution in [3.05, 3.63) is 30.2 Å². The Balaban J connectivity index is 2.56. The first-order valence-electron chi connectivity index (χ1n) is 6.58. The van der Waals surface area contributed by atoms with E-state index >= 15 is 0 Å². The van der Waals surface area contributed by atoms with E-state index in [4.69, 9.17) is 0 Å². The van der Waals surface area contributed by atoms with Crippen LogP contribution in [0.15, 0.2) is 29.3 Å². The van der Waals surface area contributed by atoms with Crippen LogP contribution in [0.4, 0.5) is 13.2 Å². The molecule has 0 unspecified atom stereocenters. The normalized spacial score (nSPS) is 11.7. The van der Waals surface area contributed by atoms with Crippen molar-refractivity contribution in [3.63, 3.8) is 0 Å². The van der Waals surface area contributed by atoms with Crippen LogP contribution >= 0.6 is 0 Å². The van der Waals surface area contributed by atoms with Gasteiger partial charge in [0.2, 0.25) is 5.88 Å². The molecule has 0 bridgehead atoms. The number of halogens is 3. The Labute approximate surface area is 135 Å². The Morgan fingerprint density at radius 2 is 2.00 bits per heavy atom. The lowest BCUT2D eigenvalue weighted by Gasteiger charge is -2.11. The molecule has 0 amide bonds. The van der Waals surface area contributed by atoms with Gasteiger partial charge in [-0.25, -0.2) is 17.8 Å². The van der Waals surface area contributed by atoms with Crippen molar-refractivity contribution < 1.29 is 35.9 Å². The SMILES string of the molecule is COC(=O)CCS(=O)(=O)c1ccc(F)c2c(OC(F)F)nccc12. The lowest BCUT2D eigenvalue weighted by atomic mass is 10.1. The molecule has 0 spiro atoms. The lowest BCUT2D eigenvalue weighted by molar-refractivity contribution is -0.140. The Morgan fingerprint density at radius 3 is 2.62 bits per heavy atom. The maximum Gasteiger partial charge on any atom is 0.388 e. The number of pyridine rings is 1. The molecular formula is C14H12F3NO5S. The molecule has 0 N–H and O–H groups in total. The average molecular weight is 363 g/mol. The van der Waals surface area contributed by atoms with E-state index in [2.05, 4.69) is 14.5 Å². The van der Waals surface area contributed by atoms with Gasteiger partial charge in [-0.15, -0.1) is 0 Å². The largest absolute Gasteiger partial charge is 0.469 e. The minimum absolute atomic E-state index is 0.162. The highest BCUT2D eigenvalue weighted by Crippen LogP contribution is 2.32. The van der Waals surface area contributed by atoms with Crippen LogP contribution in [0.1, 0.15) is 6.42 Å². The van der Waals surface area contributed by atoms with Crippen molar-refractivity contribution >= 4 is 26.6 Å². The number of esters is 1. The van der Waals surface area contributed by atoms with Crippen molar-refractivity contribution in [1.82, 2.24) is 4.98 Å². The molecule has 24 heavy (non-hydrogen) atoms. The second-order valence-corrected chi connectivity index (χ2v) is 6.69. The minimum Gasteiger partial charge on any atom is -0.469 e. The molecule has 130 valence electrons. The van der Waals surface area contributed by atoms with Crippen molar-refractivity contribution in [2.24, 2.45) is 0 Å². The van der Waals surface area contributed by atoms with Crippen LogP contribution in [0.2, 0.25) is 0 Å². The van der Waals surface area contributed by atoms with Gasteiger partial charge in [-0.3, -0.25) is 4.79 Å². The van der Waals surface area contributed by atoms with Crippen LogP contribution in [0, 0.1) is 5.82 Å². The van der Waals surface area contributed by atoms with E-state index in [0.29, 0.717) is 0 Å². The molecule has 0 saturated carbocycles. The van der Waals surface area contributed by atoms with Gasteiger partial charge >= 0.3 is 12.6 Å². The van der Waals surface area contributed by atoms with Gasteiger partial charge in [-0.1, -0.05) is 0 Å². The summed E-state index contributed by atoms with van der Waals surface area (Å²) in [7, 11) is -2.88. The Morgan fingerprint density at radius 1 is 1.29 bits per heavy atom.